The van der Waals surface area contributed by atoms with Gasteiger partial charge in [0.05, 0.1) is 0 Å². The fourth-order valence-electron chi connectivity index (χ4n) is 1.26. The Bertz CT molecular complexity index is 299. The molecule has 0 fully saturated rings. The van der Waals surface area contributed by atoms with Crippen LogP contribution in [0.5, 0.6) is 0 Å². The Morgan fingerprint density at radius 3 is 3.09 bits per heavy atom. The number of rotatable bonds is 0. The summed E-state index contributed by atoms with van der Waals surface area (Å²) in [5.74, 6) is 0. The van der Waals surface area contributed by atoms with Crippen molar-refractivity contribution in [1.29, 1.82) is 0 Å². The molecular formula is C8H10N2O. The van der Waals surface area contributed by atoms with Crippen molar-refractivity contribution in [3.8, 4) is 0 Å². The van der Waals surface area contributed by atoms with Crippen LogP contribution in [0.2, 0.25) is 0 Å². The Morgan fingerprint density at radius 1 is 1.45 bits per heavy atom. The number of hydrogen-bond donors (Lipinski definition) is 0. The van der Waals surface area contributed by atoms with Crippen molar-refractivity contribution >= 4 is 6.08 Å². The summed E-state index contributed by atoms with van der Waals surface area (Å²) in [6, 6.07) is 0. The van der Waals surface area contributed by atoms with Crippen molar-refractivity contribution in [3.05, 3.63) is 17.5 Å². The van der Waals surface area contributed by atoms with Gasteiger partial charge in [-0.05, 0) is 11.5 Å². The summed E-state index contributed by atoms with van der Waals surface area (Å²) in [5.41, 5.74) is 2.05. The standard InChI is InChI=1S/C8H10N2O/c1-8(2)4-3-6-7(5-8)10-11-9-6/h3-4H,5H2,1-2H3. The van der Waals surface area contributed by atoms with Gasteiger partial charge < -0.3 is 0 Å². The molecule has 0 unspecified atom stereocenters. The van der Waals surface area contributed by atoms with Gasteiger partial charge in [0.1, 0.15) is 11.4 Å². The van der Waals surface area contributed by atoms with Gasteiger partial charge in [-0.3, -0.25) is 0 Å². The molecule has 0 saturated carbocycles. The average molecular weight is 150 g/mol. The monoisotopic (exact) mass is 150 g/mol. The maximum atomic E-state index is 4.61. The first-order valence-corrected chi connectivity index (χ1v) is 3.68. The van der Waals surface area contributed by atoms with Crippen LogP contribution in [0.25, 0.3) is 6.08 Å². The lowest BCUT2D eigenvalue weighted by Gasteiger charge is -2.20. The van der Waals surface area contributed by atoms with Gasteiger partial charge in [-0.2, -0.15) is 0 Å². The first-order valence-electron chi connectivity index (χ1n) is 3.68. The normalized spacial score (nSPS) is 19.8. The lowest BCUT2D eigenvalue weighted by Crippen LogP contribution is -2.15. The van der Waals surface area contributed by atoms with E-state index in [1.807, 2.05) is 6.08 Å². The van der Waals surface area contributed by atoms with E-state index >= 15 is 0 Å². The van der Waals surface area contributed by atoms with Gasteiger partial charge in [-0.25, -0.2) is 4.63 Å². The molecule has 0 aliphatic heterocycles. The van der Waals surface area contributed by atoms with Crippen LogP contribution in [0.4, 0.5) is 0 Å². The van der Waals surface area contributed by atoms with Crippen molar-refractivity contribution in [2.75, 3.05) is 0 Å². The van der Waals surface area contributed by atoms with Crippen LogP contribution >= 0.6 is 0 Å². The van der Waals surface area contributed by atoms with Crippen LogP contribution in [0.15, 0.2) is 10.7 Å². The van der Waals surface area contributed by atoms with Crippen LogP contribution in [0, 0.1) is 5.41 Å². The second-order valence-electron chi connectivity index (χ2n) is 3.59. The predicted octanol–water partition coefficient (Wildman–Crippen LogP) is 1.67. The number of fused-ring (bicyclic) bond motifs is 1. The maximum Gasteiger partial charge on any atom is 0.130 e. The summed E-state index contributed by atoms with van der Waals surface area (Å²) in [7, 11) is 0. The van der Waals surface area contributed by atoms with Crippen molar-refractivity contribution in [2.45, 2.75) is 20.3 Å². The average Bonchev–Trinajstić information content (AvgIpc) is 2.31. The fraction of sp³-hybridized carbons (Fsp3) is 0.500. The summed E-state index contributed by atoms with van der Waals surface area (Å²) in [4.78, 5) is 0. The van der Waals surface area contributed by atoms with E-state index in [4.69, 9.17) is 0 Å². The van der Waals surface area contributed by atoms with E-state index in [1.54, 1.807) is 0 Å². The third-order valence-corrected chi connectivity index (χ3v) is 1.90. The van der Waals surface area contributed by atoms with Crippen LogP contribution in [0.1, 0.15) is 25.2 Å². The van der Waals surface area contributed by atoms with Crippen LogP contribution in [-0.2, 0) is 6.42 Å². The molecule has 3 heteroatoms. The number of allylic oxidation sites excluding steroid dienone is 1. The first-order chi connectivity index (χ1) is 5.17. The second-order valence-corrected chi connectivity index (χ2v) is 3.59. The molecule has 2 rings (SSSR count). The molecule has 1 aliphatic carbocycles. The summed E-state index contributed by atoms with van der Waals surface area (Å²) >= 11 is 0. The highest BCUT2D eigenvalue weighted by atomic mass is 16.6. The summed E-state index contributed by atoms with van der Waals surface area (Å²) in [6.45, 7) is 4.34. The Hall–Kier alpha value is -1.12. The van der Waals surface area contributed by atoms with E-state index < -0.39 is 0 Å². The van der Waals surface area contributed by atoms with Gasteiger partial charge in [0.2, 0.25) is 0 Å². The predicted molar refractivity (Wildman–Crippen MR) is 40.8 cm³/mol. The highest BCUT2D eigenvalue weighted by Gasteiger charge is 2.23. The van der Waals surface area contributed by atoms with Crippen molar-refractivity contribution < 1.29 is 4.63 Å². The van der Waals surface area contributed by atoms with Gasteiger partial charge in [-0.15, -0.1) is 0 Å². The molecule has 1 aromatic heterocycles. The molecule has 0 amide bonds. The Balaban J connectivity index is 2.44. The zero-order valence-corrected chi connectivity index (χ0v) is 6.66. The topological polar surface area (TPSA) is 38.9 Å². The lowest BCUT2D eigenvalue weighted by atomic mass is 9.83. The SMILES string of the molecule is CC1(C)C=Cc2nonc2C1. The minimum Gasteiger partial charge on any atom is -0.244 e. The quantitative estimate of drug-likeness (QED) is 0.564. The first kappa shape index (κ1) is 6.58. The third kappa shape index (κ3) is 1.06. The Morgan fingerprint density at radius 2 is 2.27 bits per heavy atom. The maximum absolute atomic E-state index is 4.61. The molecular weight excluding hydrogens is 140 g/mol. The van der Waals surface area contributed by atoms with E-state index in [9.17, 15) is 0 Å². The minimum absolute atomic E-state index is 0.200. The van der Waals surface area contributed by atoms with Crippen LogP contribution in [-0.4, -0.2) is 10.3 Å². The van der Waals surface area contributed by atoms with Crippen LogP contribution in [0.3, 0.4) is 0 Å². The molecule has 0 saturated heterocycles. The zero-order chi connectivity index (χ0) is 7.90. The largest absolute Gasteiger partial charge is 0.244 e. The van der Waals surface area contributed by atoms with Gasteiger partial charge in [0.15, 0.2) is 0 Å². The zero-order valence-electron chi connectivity index (χ0n) is 6.66. The smallest absolute Gasteiger partial charge is 0.130 e. The van der Waals surface area contributed by atoms with Gasteiger partial charge in [-0.1, -0.05) is 30.2 Å². The highest BCUT2D eigenvalue weighted by Crippen LogP contribution is 2.29. The number of hydrogen-bond acceptors (Lipinski definition) is 3. The molecule has 0 aromatic carbocycles. The van der Waals surface area contributed by atoms with E-state index in [0.717, 1.165) is 17.8 Å². The number of nitrogens with zero attached hydrogens (tertiary/aromatic N) is 2. The van der Waals surface area contributed by atoms with E-state index in [-0.39, 0.29) is 5.41 Å². The van der Waals surface area contributed by atoms with Crippen LogP contribution < -0.4 is 0 Å². The Kier molecular flexibility index (Phi) is 1.16. The van der Waals surface area contributed by atoms with Gasteiger partial charge in [0.25, 0.3) is 0 Å². The van der Waals surface area contributed by atoms with E-state index in [0.29, 0.717) is 0 Å². The van der Waals surface area contributed by atoms with Gasteiger partial charge >= 0.3 is 0 Å². The van der Waals surface area contributed by atoms with E-state index in [1.165, 1.54) is 0 Å². The molecule has 0 spiro atoms. The van der Waals surface area contributed by atoms with Gasteiger partial charge in [0, 0.05) is 6.42 Å². The molecule has 1 aromatic rings. The van der Waals surface area contributed by atoms with E-state index in [2.05, 4.69) is 34.9 Å². The molecule has 1 heterocycles. The number of aromatic nitrogens is 2. The molecule has 11 heavy (non-hydrogen) atoms. The molecule has 0 radical (unpaired) electrons. The van der Waals surface area contributed by atoms with Crippen molar-refractivity contribution in [2.24, 2.45) is 5.41 Å². The third-order valence-electron chi connectivity index (χ3n) is 1.90. The summed E-state index contributed by atoms with van der Waals surface area (Å²) < 4.78 is 4.61. The highest BCUT2D eigenvalue weighted by molar-refractivity contribution is 5.50. The Labute approximate surface area is 65.1 Å². The molecule has 0 atom stereocenters. The fourth-order valence-corrected chi connectivity index (χ4v) is 1.26. The molecule has 3 nitrogen and oxygen atoms in total. The molecule has 58 valence electrons. The molecule has 0 N–H and O–H groups in total. The molecule has 1 aliphatic rings. The lowest BCUT2D eigenvalue weighted by molar-refractivity contribution is 0.300. The summed E-state index contributed by atoms with van der Waals surface area (Å²) in [5, 5.41) is 7.56. The minimum atomic E-state index is 0.200. The summed E-state index contributed by atoms with van der Waals surface area (Å²) in [6.07, 6.45) is 5.03. The van der Waals surface area contributed by atoms with Crippen molar-refractivity contribution in [1.82, 2.24) is 10.3 Å². The van der Waals surface area contributed by atoms with Crippen molar-refractivity contribution in [3.63, 3.8) is 0 Å². The second kappa shape index (κ2) is 1.94. The molecule has 0 bridgehead atoms.